The normalized spacial score (nSPS) is 29.0. The monoisotopic (exact) mass is 294 g/mol. The van der Waals surface area contributed by atoms with Gasteiger partial charge in [0.15, 0.2) is 5.78 Å². The molecule has 2 heterocycles. The fourth-order valence-corrected chi connectivity index (χ4v) is 3.68. The summed E-state index contributed by atoms with van der Waals surface area (Å²) < 4.78 is 0. The van der Waals surface area contributed by atoms with E-state index in [1.165, 1.54) is 19.3 Å². The third-order valence-corrected chi connectivity index (χ3v) is 5.15. The largest absolute Gasteiger partial charge is 0.302 e. The fraction of sp³-hybridized carbons (Fsp3) is 0.882. The number of hydrogen-bond donors (Lipinski definition) is 0. The number of Topliss-reactive ketones (excluding diaryl/α,β-unsaturated/α-hetero) is 2. The Bertz CT molecular complexity index is 370. The van der Waals surface area contributed by atoms with Crippen molar-refractivity contribution in [3.63, 3.8) is 0 Å². The number of ketones is 2. The van der Waals surface area contributed by atoms with Gasteiger partial charge in [0, 0.05) is 25.4 Å². The van der Waals surface area contributed by atoms with Gasteiger partial charge in [-0.05, 0) is 52.7 Å². The Kier molecular flexibility index (Phi) is 6.37. The molecule has 2 saturated heterocycles. The molecule has 4 heteroatoms. The molecule has 0 N–H and O–H groups in total. The molecule has 0 aliphatic carbocycles. The maximum absolute atomic E-state index is 12.5. The van der Waals surface area contributed by atoms with Crippen molar-refractivity contribution < 1.29 is 9.59 Å². The second kappa shape index (κ2) is 8.04. The zero-order chi connectivity index (χ0) is 15.2. The number of piperidine rings is 1. The zero-order valence-electron chi connectivity index (χ0n) is 13.6. The van der Waals surface area contributed by atoms with E-state index in [0.29, 0.717) is 18.0 Å². The average Bonchev–Trinajstić information content (AvgIpc) is 2.69. The number of nitrogens with zero attached hydrogens (tertiary/aromatic N) is 2. The minimum absolute atomic E-state index is 0.126. The van der Waals surface area contributed by atoms with E-state index in [1.807, 2.05) is 0 Å². The average molecular weight is 294 g/mol. The minimum atomic E-state index is 0.126. The SMILES string of the molecule is CC(=O)[C@@H]1CCCN(CCC(=O)[C@@H]2CCCCCN2C)C1. The molecule has 0 aromatic heterocycles. The van der Waals surface area contributed by atoms with E-state index in [2.05, 4.69) is 16.8 Å². The third-order valence-electron chi connectivity index (χ3n) is 5.15. The summed E-state index contributed by atoms with van der Waals surface area (Å²) in [7, 11) is 2.08. The van der Waals surface area contributed by atoms with E-state index in [1.54, 1.807) is 6.92 Å². The molecule has 2 fully saturated rings. The van der Waals surface area contributed by atoms with Gasteiger partial charge < -0.3 is 4.90 Å². The van der Waals surface area contributed by atoms with Gasteiger partial charge in [-0.1, -0.05) is 12.8 Å². The quantitative estimate of drug-likeness (QED) is 0.779. The van der Waals surface area contributed by atoms with Crippen LogP contribution in [-0.2, 0) is 9.59 Å². The first-order valence-corrected chi connectivity index (χ1v) is 8.53. The van der Waals surface area contributed by atoms with Crippen LogP contribution in [0.4, 0.5) is 0 Å². The van der Waals surface area contributed by atoms with Gasteiger partial charge >= 0.3 is 0 Å². The second-order valence-electron chi connectivity index (χ2n) is 6.81. The van der Waals surface area contributed by atoms with E-state index >= 15 is 0 Å². The lowest BCUT2D eigenvalue weighted by molar-refractivity contribution is -0.124. The maximum atomic E-state index is 12.5. The molecule has 0 bridgehead atoms. The predicted octanol–water partition coefficient (Wildman–Crippen LogP) is 2.12. The first kappa shape index (κ1) is 16.6. The van der Waals surface area contributed by atoms with Crippen molar-refractivity contribution in [1.29, 1.82) is 0 Å². The molecule has 0 radical (unpaired) electrons. The summed E-state index contributed by atoms with van der Waals surface area (Å²) >= 11 is 0. The van der Waals surface area contributed by atoms with Gasteiger partial charge in [0.25, 0.3) is 0 Å². The molecule has 0 unspecified atom stereocenters. The van der Waals surface area contributed by atoms with Crippen LogP contribution >= 0.6 is 0 Å². The number of carbonyl (C=O) groups is 2. The highest BCUT2D eigenvalue weighted by Crippen LogP contribution is 2.19. The first-order chi connectivity index (χ1) is 10.1. The highest BCUT2D eigenvalue weighted by atomic mass is 16.1. The summed E-state index contributed by atoms with van der Waals surface area (Å²) in [5.74, 6) is 0.883. The molecule has 2 rings (SSSR count). The summed E-state index contributed by atoms with van der Waals surface area (Å²) in [4.78, 5) is 28.5. The molecule has 0 aromatic carbocycles. The Balaban J connectivity index is 1.78. The van der Waals surface area contributed by atoms with Gasteiger partial charge in [-0.2, -0.15) is 0 Å². The topological polar surface area (TPSA) is 40.6 Å². The Hall–Kier alpha value is -0.740. The summed E-state index contributed by atoms with van der Waals surface area (Å²) in [6.07, 6.45) is 7.40. The van der Waals surface area contributed by atoms with Crippen LogP contribution < -0.4 is 0 Å². The Morgan fingerprint density at radius 1 is 1.05 bits per heavy atom. The molecule has 2 atom stereocenters. The van der Waals surface area contributed by atoms with Crippen LogP contribution in [0.3, 0.4) is 0 Å². The third kappa shape index (κ3) is 4.89. The van der Waals surface area contributed by atoms with Crippen molar-refractivity contribution in [2.24, 2.45) is 5.92 Å². The minimum Gasteiger partial charge on any atom is -0.302 e. The van der Waals surface area contributed by atoms with Crippen molar-refractivity contribution in [3.05, 3.63) is 0 Å². The molecular formula is C17H30N2O2. The van der Waals surface area contributed by atoms with Gasteiger partial charge in [0.2, 0.25) is 0 Å². The lowest BCUT2D eigenvalue weighted by atomic mass is 9.94. The van der Waals surface area contributed by atoms with Gasteiger partial charge in [0.1, 0.15) is 5.78 Å². The molecule has 2 aliphatic rings. The number of likely N-dealkylation sites (N-methyl/N-ethyl adjacent to an activating group) is 1. The van der Waals surface area contributed by atoms with Crippen molar-refractivity contribution in [2.45, 2.75) is 57.9 Å². The highest BCUT2D eigenvalue weighted by Gasteiger charge is 2.27. The smallest absolute Gasteiger partial charge is 0.151 e. The molecule has 21 heavy (non-hydrogen) atoms. The number of carbonyl (C=O) groups excluding carboxylic acids is 2. The lowest BCUT2D eigenvalue weighted by Crippen LogP contribution is -2.42. The Labute approximate surface area is 128 Å². The summed E-state index contributed by atoms with van der Waals surface area (Å²) in [5.41, 5.74) is 0. The van der Waals surface area contributed by atoms with Gasteiger partial charge in [-0.25, -0.2) is 0 Å². The molecule has 0 amide bonds. The Morgan fingerprint density at radius 3 is 2.62 bits per heavy atom. The van der Waals surface area contributed by atoms with Crippen LogP contribution in [-0.4, -0.2) is 60.6 Å². The summed E-state index contributed by atoms with van der Waals surface area (Å²) in [6, 6.07) is 0.126. The van der Waals surface area contributed by atoms with Crippen LogP contribution in [0.25, 0.3) is 0 Å². The Morgan fingerprint density at radius 2 is 1.86 bits per heavy atom. The molecule has 120 valence electrons. The van der Waals surface area contributed by atoms with E-state index in [4.69, 9.17) is 0 Å². The van der Waals surface area contributed by atoms with Crippen LogP contribution in [0, 0.1) is 5.92 Å². The summed E-state index contributed by atoms with van der Waals surface area (Å²) in [6.45, 7) is 5.46. The van der Waals surface area contributed by atoms with Crippen LogP contribution in [0.2, 0.25) is 0 Å². The molecular weight excluding hydrogens is 264 g/mol. The van der Waals surface area contributed by atoms with E-state index < -0.39 is 0 Å². The summed E-state index contributed by atoms with van der Waals surface area (Å²) in [5, 5.41) is 0. The van der Waals surface area contributed by atoms with Crippen molar-refractivity contribution in [3.8, 4) is 0 Å². The number of rotatable bonds is 5. The zero-order valence-corrected chi connectivity index (χ0v) is 13.6. The lowest BCUT2D eigenvalue weighted by Gasteiger charge is -2.32. The van der Waals surface area contributed by atoms with E-state index in [0.717, 1.165) is 45.4 Å². The van der Waals surface area contributed by atoms with Gasteiger partial charge in [-0.15, -0.1) is 0 Å². The van der Waals surface area contributed by atoms with Gasteiger partial charge in [-0.3, -0.25) is 14.5 Å². The first-order valence-electron chi connectivity index (χ1n) is 8.53. The van der Waals surface area contributed by atoms with E-state index in [9.17, 15) is 9.59 Å². The maximum Gasteiger partial charge on any atom is 0.151 e. The number of likely N-dealkylation sites (tertiary alicyclic amines) is 2. The van der Waals surface area contributed by atoms with Crippen LogP contribution in [0.15, 0.2) is 0 Å². The molecule has 0 aromatic rings. The molecule has 4 nitrogen and oxygen atoms in total. The second-order valence-corrected chi connectivity index (χ2v) is 6.81. The van der Waals surface area contributed by atoms with E-state index in [-0.39, 0.29) is 12.0 Å². The van der Waals surface area contributed by atoms with Gasteiger partial charge in [0.05, 0.1) is 6.04 Å². The number of hydrogen-bond acceptors (Lipinski definition) is 4. The molecule has 2 aliphatic heterocycles. The molecule has 0 spiro atoms. The fourth-order valence-electron chi connectivity index (χ4n) is 3.68. The standard InChI is InChI=1S/C17H30N2O2/c1-14(20)15-7-6-11-19(13-15)12-9-17(21)16-8-4-3-5-10-18(16)2/h15-16H,3-13H2,1-2H3/t15-,16+/m1/s1. The van der Waals surface area contributed by atoms with Crippen LogP contribution in [0.1, 0.15) is 51.9 Å². The molecule has 0 saturated carbocycles. The van der Waals surface area contributed by atoms with Crippen molar-refractivity contribution in [2.75, 3.05) is 33.2 Å². The predicted molar refractivity (Wildman–Crippen MR) is 84.4 cm³/mol. The highest BCUT2D eigenvalue weighted by molar-refractivity contribution is 5.84. The van der Waals surface area contributed by atoms with Crippen molar-refractivity contribution in [1.82, 2.24) is 9.80 Å². The van der Waals surface area contributed by atoms with Crippen LogP contribution in [0.5, 0.6) is 0 Å². The van der Waals surface area contributed by atoms with Crippen molar-refractivity contribution >= 4 is 11.6 Å².